The third kappa shape index (κ3) is 2.94. The summed E-state index contributed by atoms with van der Waals surface area (Å²) < 4.78 is 5.10. The molecule has 1 aliphatic heterocycles. The minimum atomic E-state index is -0.960. The molecule has 104 valence electrons. The predicted octanol–water partition coefficient (Wildman–Crippen LogP) is 2.29. The molecule has 19 heavy (non-hydrogen) atoms. The zero-order chi connectivity index (χ0) is 14.0. The smallest absolute Gasteiger partial charge is 0.327 e. The van der Waals surface area contributed by atoms with Crippen LogP contribution in [0.1, 0.15) is 30.8 Å². The highest BCUT2D eigenvalue weighted by Gasteiger charge is 2.42. The quantitative estimate of drug-likeness (QED) is 0.918. The van der Waals surface area contributed by atoms with Crippen molar-refractivity contribution >= 4 is 23.6 Å². The second-order valence-electron chi connectivity index (χ2n) is 4.96. The van der Waals surface area contributed by atoms with Gasteiger partial charge in [0, 0.05) is 5.75 Å². The number of carbonyl (C=O) groups is 2. The number of carbonyl (C=O) groups excluding carboxylic acids is 1. The van der Waals surface area contributed by atoms with Crippen LogP contribution in [0, 0.1) is 5.92 Å². The molecule has 5 nitrogen and oxygen atoms in total. The van der Waals surface area contributed by atoms with Crippen molar-refractivity contribution in [2.45, 2.75) is 31.7 Å². The Bertz CT molecular complexity index is 457. The van der Waals surface area contributed by atoms with Crippen LogP contribution in [0.25, 0.3) is 0 Å². The lowest BCUT2D eigenvalue weighted by Crippen LogP contribution is -2.45. The molecule has 6 heteroatoms. The van der Waals surface area contributed by atoms with E-state index in [9.17, 15) is 14.7 Å². The normalized spacial score (nSPS) is 23.0. The molecule has 1 amide bonds. The number of rotatable bonds is 4. The lowest BCUT2D eigenvalue weighted by Gasteiger charge is -2.27. The van der Waals surface area contributed by atoms with Crippen molar-refractivity contribution in [1.82, 2.24) is 4.90 Å². The minimum absolute atomic E-state index is 0.0984. The fourth-order valence-corrected chi connectivity index (χ4v) is 3.77. The molecule has 0 spiro atoms. The Morgan fingerprint density at radius 2 is 2.32 bits per heavy atom. The van der Waals surface area contributed by atoms with E-state index in [2.05, 4.69) is 13.8 Å². The zero-order valence-electron chi connectivity index (χ0n) is 10.9. The molecule has 2 rings (SSSR count). The van der Waals surface area contributed by atoms with Gasteiger partial charge >= 0.3 is 5.97 Å². The highest BCUT2D eigenvalue weighted by atomic mass is 32.2. The van der Waals surface area contributed by atoms with Crippen LogP contribution >= 0.6 is 11.8 Å². The summed E-state index contributed by atoms with van der Waals surface area (Å²) in [4.78, 5) is 25.1. The summed E-state index contributed by atoms with van der Waals surface area (Å²) in [5.41, 5.74) is 0. The summed E-state index contributed by atoms with van der Waals surface area (Å²) in [7, 11) is 0. The number of carboxylic acid groups (broad SMARTS) is 1. The molecular formula is C13H17NO4S. The monoisotopic (exact) mass is 283 g/mol. The van der Waals surface area contributed by atoms with Gasteiger partial charge < -0.3 is 14.4 Å². The topological polar surface area (TPSA) is 70.8 Å². The van der Waals surface area contributed by atoms with Gasteiger partial charge in [-0.15, -0.1) is 11.8 Å². The summed E-state index contributed by atoms with van der Waals surface area (Å²) in [6.07, 6.45) is 2.20. The van der Waals surface area contributed by atoms with Crippen molar-refractivity contribution in [3.05, 3.63) is 24.2 Å². The van der Waals surface area contributed by atoms with E-state index < -0.39 is 12.0 Å². The van der Waals surface area contributed by atoms with Crippen molar-refractivity contribution in [1.29, 1.82) is 0 Å². The molecule has 0 unspecified atom stereocenters. The van der Waals surface area contributed by atoms with Crippen LogP contribution in [0.2, 0.25) is 0 Å². The van der Waals surface area contributed by atoms with Crippen molar-refractivity contribution < 1.29 is 19.1 Å². The summed E-state index contributed by atoms with van der Waals surface area (Å²) in [5, 5.41) is 9.15. The number of hydrogen-bond donors (Lipinski definition) is 1. The van der Waals surface area contributed by atoms with Gasteiger partial charge in [-0.1, -0.05) is 13.8 Å². The summed E-state index contributed by atoms with van der Waals surface area (Å²) in [6.45, 7) is 4.12. The van der Waals surface area contributed by atoms with Crippen molar-refractivity contribution in [3.8, 4) is 0 Å². The van der Waals surface area contributed by atoms with Crippen molar-refractivity contribution in [2.75, 3.05) is 5.75 Å². The number of hydrogen-bond acceptors (Lipinski definition) is 4. The zero-order valence-corrected chi connectivity index (χ0v) is 11.7. The Morgan fingerprint density at radius 1 is 1.58 bits per heavy atom. The van der Waals surface area contributed by atoms with Gasteiger partial charge in [0.05, 0.1) is 11.6 Å². The molecule has 1 aromatic rings. The molecule has 2 atom stereocenters. The number of thioether (sulfide) groups is 1. The van der Waals surface area contributed by atoms with E-state index in [0.717, 1.165) is 6.42 Å². The maximum Gasteiger partial charge on any atom is 0.327 e. The van der Waals surface area contributed by atoms with Crippen LogP contribution < -0.4 is 0 Å². The van der Waals surface area contributed by atoms with E-state index in [4.69, 9.17) is 4.42 Å². The SMILES string of the molecule is CC(C)C[C@@H]1SC[C@@H](C(=O)O)N1C(=O)c1ccco1. The van der Waals surface area contributed by atoms with E-state index in [1.165, 1.54) is 22.9 Å². The highest BCUT2D eigenvalue weighted by molar-refractivity contribution is 8.00. The maximum atomic E-state index is 12.4. The van der Waals surface area contributed by atoms with Crippen LogP contribution in [0.3, 0.4) is 0 Å². The molecule has 0 saturated carbocycles. The molecule has 1 saturated heterocycles. The van der Waals surface area contributed by atoms with E-state index in [1.54, 1.807) is 12.1 Å². The number of nitrogens with zero attached hydrogens (tertiary/aromatic N) is 1. The summed E-state index contributed by atoms with van der Waals surface area (Å²) >= 11 is 1.52. The first-order chi connectivity index (χ1) is 9.00. The maximum absolute atomic E-state index is 12.4. The Kier molecular flexibility index (Phi) is 4.19. The molecule has 1 N–H and O–H groups in total. The van der Waals surface area contributed by atoms with Gasteiger partial charge in [-0.05, 0) is 24.5 Å². The molecule has 2 heterocycles. The third-order valence-corrected chi connectivity index (χ3v) is 4.33. The van der Waals surface area contributed by atoms with Gasteiger partial charge in [-0.2, -0.15) is 0 Å². The lowest BCUT2D eigenvalue weighted by molar-refractivity contribution is -0.141. The summed E-state index contributed by atoms with van der Waals surface area (Å²) in [6, 6.07) is 2.42. The molecule has 0 bridgehead atoms. The average Bonchev–Trinajstić information content (AvgIpc) is 2.95. The fourth-order valence-electron chi connectivity index (χ4n) is 2.14. The molecule has 0 aliphatic carbocycles. The van der Waals surface area contributed by atoms with Gasteiger partial charge in [0.25, 0.3) is 5.91 Å². The minimum Gasteiger partial charge on any atom is -0.480 e. The third-order valence-electron chi connectivity index (χ3n) is 3.02. The van der Waals surface area contributed by atoms with Crippen LogP contribution in [-0.4, -0.2) is 39.1 Å². The molecule has 1 aromatic heterocycles. The molecule has 1 fully saturated rings. The van der Waals surface area contributed by atoms with E-state index in [0.29, 0.717) is 11.7 Å². The van der Waals surface area contributed by atoms with Crippen molar-refractivity contribution in [2.24, 2.45) is 5.92 Å². The van der Waals surface area contributed by atoms with Crippen LogP contribution in [0.5, 0.6) is 0 Å². The Labute approximate surface area is 116 Å². The van der Waals surface area contributed by atoms with Crippen LogP contribution in [0.15, 0.2) is 22.8 Å². The number of aliphatic carboxylic acids is 1. The predicted molar refractivity (Wildman–Crippen MR) is 72.0 cm³/mol. The van der Waals surface area contributed by atoms with Crippen LogP contribution in [0.4, 0.5) is 0 Å². The molecule has 0 aromatic carbocycles. The summed E-state index contributed by atoms with van der Waals surface area (Å²) in [5.74, 6) is -0.273. The van der Waals surface area contributed by atoms with Gasteiger partial charge in [0.15, 0.2) is 5.76 Å². The van der Waals surface area contributed by atoms with Crippen LogP contribution in [-0.2, 0) is 4.79 Å². The first-order valence-electron chi connectivity index (χ1n) is 6.21. The standard InChI is InChI=1S/C13H17NO4S/c1-8(2)6-11-14(9(7-19-11)13(16)17)12(15)10-4-3-5-18-10/h3-5,8-9,11H,6-7H2,1-2H3,(H,16,17)/t9-,11-/m0/s1. The highest BCUT2D eigenvalue weighted by Crippen LogP contribution is 2.34. The Balaban J connectivity index is 2.23. The Hall–Kier alpha value is -1.43. The second kappa shape index (κ2) is 5.69. The molecular weight excluding hydrogens is 266 g/mol. The number of carboxylic acids is 1. The largest absolute Gasteiger partial charge is 0.480 e. The first-order valence-corrected chi connectivity index (χ1v) is 7.26. The van der Waals surface area contributed by atoms with Gasteiger partial charge in [0.2, 0.25) is 0 Å². The van der Waals surface area contributed by atoms with Gasteiger partial charge in [0.1, 0.15) is 6.04 Å². The van der Waals surface area contributed by atoms with Crippen molar-refractivity contribution in [3.63, 3.8) is 0 Å². The molecule has 1 aliphatic rings. The number of furan rings is 1. The average molecular weight is 283 g/mol. The van der Waals surface area contributed by atoms with E-state index in [-0.39, 0.29) is 17.0 Å². The second-order valence-corrected chi connectivity index (χ2v) is 6.17. The Morgan fingerprint density at radius 3 is 2.84 bits per heavy atom. The number of amides is 1. The van der Waals surface area contributed by atoms with Gasteiger partial charge in [-0.3, -0.25) is 4.79 Å². The molecule has 0 radical (unpaired) electrons. The lowest BCUT2D eigenvalue weighted by atomic mass is 10.1. The first kappa shape index (κ1) is 14.0. The van der Waals surface area contributed by atoms with Gasteiger partial charge in [-0.25, -0.2) is 4.79 Å². The van der Waals surface area contributed by atoms with E-state index in [1.807, 2.05) is 0 Å². The van der Waals surface area contributed by atoms with E-state index >= 15 is 0 Å². The fraction of sp³-hybridized carbons (Fsp3) is 0.538.